The summed E-state index contributed by atoms with van der Waals surface area (Å²) < 4.78 is 0. The Balaban J connectivity index is 1.99. The van der Waals surface area contributed by atoms with E-state index in [1.807, 2.05) is 15.9 Å². The lowest BCUT2D eigenvalue weighted by molar-refractivity contribution is -0.127. The third kappa shape index (κ3) is 3.88. The summed E-state index contributed by atoms with van der Waals surface area (Å²) in [6.45, 7) is 9.53. The highest BCUT2D eigenvalue weighted by molar-refractivity contribution is 7.80. The van der Waals surface area contributed by atoms with Crippen LogP contribution in [0.3, 0.4) is 0 Å². The Kier molecular flexibility index (Phi) is 5.27. The van der Waals surface area contributed by atoms with E-state index in [2.05, 4.69) is 20.8 Å². The number of rotatable bonds is 2. The number of carbonyl (C=O) groups is 1. The molecule has 0 radical (unpaired) electrons. The van der Waals surface area contributed by atoms with Gasteiger partial charge in [-0.2, -0.15) is 0 Å². The van der Waals surface area contributed by atoms with Crippen molar-refractivity contribution in [3.8, 4) is 0 Å². The monoisotopic (exact) mass is 321 g/mol. The fraction of sp³-hybridized carbons (Fsp3) is 0.647. The molecule has 4 nitrogen and oxygen atoms in total. The maximum Gasteiger partial charge on any atom is 0.246 e. The van der Waals surface area contributed by atoms with Crippen molar-refractivity contribution in [3.63, 3.8) is 0 Å². The molecule has 0 unspecified atom stereocenters. The molecule has 1 amide bonds. The third-order valence-corrected chi connectivity index (χ3v) is 5.10. The molecule has 1 fully saturated rings. The van der Waals surface area contributed by atoms with E-state index < -0.39 is 0 Å². The summed E-state index contributed by atoms with van der Waals surface area (Å²) in [5.41, 5.74) is 8.54. The van der Waals surface area contributed by atoms with Crippen molar-refractivity contribution in [1.29, 1.82) is 0 Å². The number of nitrogens with zero attached hydrogens (tertiary/aromatic N) is 2. The first-order valence-corrected chi connectivity index (χ1v) is 8.44. The zero-order chi connectivity index (χ0) is 16.3. The van der Waals surface area contributed by atoms with Gasteiger partial charge in [-0.3, -0.25) is 4.79 Å². The highest BCUT2D eigenvalue weighted by Crippen LogP contribution is 2.40. The normalized spacial score (nSPS) is 22.3. The van der Waals surface area contributed by atoms with E-state index in [0.717, 1.165) is 19.5 Å². The van der Waals surface area contributed by atoms with Crippen LogP contribution in [-0.4, -0.2) is 47.0 Å². The van der Waals surface area contributed by atoms with Gasteiger partial charge in [-0.05, 0) is 49.4 Å². The summed E-state index contributed by atoms with van der Waals surface area (Å²) in [5, 5.41) is 0.423. The molecule has 22 heavy (non-hydrogen) atoms. The first-order chi connectivity index (χ1) is 10.3. The van der Waals surface area contributed by atoms with E-state index in [1.54, 1.807) is 6.08 Å². The summed E-state index contributed by atoms with van der Waals surface area (Å²) in [5.74, 6) is 0.0873. The molecule has 1 aliphatic heterocycles. The van der Waals surface area contributed by atoms with E-state index in [0.29, 0.717) is 18.2 Å². The lowest BCUT2D eigenvalue weighted by Crippen LogP contribution is -2.51. The minimum absolute atomic E-state index is 0.0873. The smallest absolute Gasteiger partial charge is 0.246 e. The zero-order valence-electron chi connectivity index (χ0n) is 13.9. The molecule has 2 rings (SSSR count). The van der Waals surface area contributed by atoms with Crippen molar-refractivity contribution < 1.29 is 4.79 Å². The minimum atomic E-state index is 0.0873. The third-order valence-electron chi connectivity index (χ3n) is 4.84. The van der Waals surface area contributed by atoms with Crippen LogP contribution < -0.4 is 5.73 Å². The number of piperazine rings is 1. The van der Waals surface area contributed by atoms with Gasteiger partial charge in [0.1, 0.15) is 0 Å². The largest absolute Gasteiger partial charge is 0.376 e. The number of hydrogen-bond donors (Lipinski definition) is 1. The van der Waals surface area contributed by atoms with Crippen LogP contribution in [0.5, 0.6) is 0 Å². The van der Waals surface area contributed by atoms with Crippen LogP contribution in [0.2, 0.25) is 0 Å². The Hall–Kier alpha value is -1.36. The molecule has 5 heteroatoms. The molecular formula is C17H27N3OS. The summed E-state index contributed by atoms with van der Waals surface area (Å²) in [6.07, 6.45) is 7.35. The highest BCUT2D eigenvalue weighted by Gasteiger charge is 2.27. The summed E-state index contributed by atoms with van der Waals surface area (Å²) >= 11 is 4.97. The Morgan fingerprint density at radius 1 is 1.23 bits per heavy atom. The highest BCUT2D eigenvalue weighted by atomic mass is 32.1. The van der Waals surface area contributed by atoms with Gasteiger partial charge < -0.3 is 15.5 Å². The van der Waals surface area contributed by atoms with Crippen LogP contribution in [0.1, 0.15) is 40.0 Å². The number of carbonyl (C=O) groups excluding carboxylic acids is 1. The van der Waals surface area contributed by atoms with Gasteiger partial charge in [-0.15, -0.1) is 0 Å². The van der Waals surface area contributed by atoms with Crippen LogP contribution in [-0.2, 0) is 4.79 Å². The standard InChI is InChI=1S/C17H27N3OS/c1-13-5-4-8-17(2,3)14(13)6-7-15(21)19-9-11-20(12-10-19)16(18)22/h6-7H,4-5,8-12H2,1-3H3,(H2,18,22)/b7-6+. The van der Waals surface area contributed by atoms with Crippen molar-refractivity contribution >= 4 is 23.2 Å². The predicted molar refractivity (Wildman–Crippen MR) is 94.4 cm³/mol. The molecule has 0 aromatic carbocycles. The number of allylic oxidation sites excluding steroid dienone is 3. The Bertz CT molecular complexity index is 514. The molecule has 1 saturated heterocycles. The van der Waals surface area contributed by atoms with Gasteiger partial charge in [0.25, 0.3) is 0 Å². The SMILES string of the molecule is CC1=C(/C=C/C(=O)N2CCN(C(N)=S)CC2)C(C)(C)CCC1. The quantitative estimate of drug-likeness (QED) is 0.627. The molecule has 2 aliphatic rings. The molecule has 0 saturated carbocycles. The molecule has 2 N–H and O–H groups in total. The average Bonchev–Trinajstić information content (AvgIpc) is 2.46. The van der Waals surface area contributed by atoms with Gasteiger partial charge in [0.05, 0.1) is 0 Å². The molecule has 0 aromatic rings. The van der Waals surface area contributed by atoms with E-state index in [-0.39, 0.29) is 11.3 Å². The number of amides is 1. The number of hydrogen-bond acceptors (Lipinski definition) is 2. The number of nitrogens with two attached hydrogens (primary N) is 1. The topological polar surface area (TPSA) is 49.6 Å². The average molecular weight is 321 g/mol. The van der Waals surface area contributed by atoms with Crippen LogP contribution in [0.25, 0.3) is 0 Å². The maximum atomic E-state index is 12.4. The lowest BCUT2D eigenvalue weighted by atomic mass is 9.72. The molecule has 0 bridgehead atoms. The van der Waals surface area contributed by atoms with Gasteiger partial charge in [-0.1, -0.05) is 25.5 Å². The summed E-state index contributed by atoms with van der Waals surface area (Å²) in [6, 6.07) is 0. The van der Waals surface area contributed by atoms with Crippen LogP contribution in [0.4, 0.5) is 0 Å². The van der Waals surface area contributed by atoms with Crippen molar-refractivity contribution in [3.05, 3.63) is 23.3 Å². The Morgan fingerprint density at radius 3 is 2.36 bits per heavy atom. The van der Waals surface area contributed by atoms with E-state index in [4.69, 9.17) is 18.0 Å². The molecule has 122 valence electrons. The minimum Gasteiger partial charge on any atom is -0.376 e. The van der Waals surface area contributed by atoms with Gasteiger partial charge >= 0.3 is 0 Å². The van der Waals surface area contributed by atoms with E-state index >= 15 is 0 Å². The molecule has 0 atom stereocenters. The van der Waals surface area contributed by atoms with Gasteiger partial charge in [-0.25, -0.2) is 0 Å². The van der Waals surface area contributed by atoms with Gasteiger partial charge in [0.2, 0.25) is 5.91 Å². The molecule has 1 aliphatic carbocycles. The van der Waals surface area contributed by atoms with Crippen molar-refractivity contribution in [1.82, 2.24) is 9.80 Å². The van der Waals surface area contributed by atoms with E-state index in [1.165, 1.54) is 24.0 Å². The van der Waals surface area contributed by atoms with Crippen molar-refractivity contribution in [2.75, 3.05) is 26.2 Å². The predicted octanol–water partition coefficient (Wildman–Crippen LogP) is 2.46. The van der Waals surface area contributed by atoms with E-state index in [9.17, 15) is 4.79 Å². The fourth-order valence-corrected chi connectivity index (χ4v) is 3.60. The van der Waals surface area contributed by atoms with Gasteiger partial charge in [0.15, 0.2) is 5.11 Å². The second-order valence-electron chi connectivity index (χ2n) is 6.92. The van der Waals surface area contributed by atoms with Crippen LogP contribution in [0, 0.1) is 5.41 Å². The second kappa shape index (κ2) is 6.82. The molecule has 1 heterocycles. The van der Waals surface area contributed by atoms with Crippen LogP contribution in [0.15, 0.2) is 23.3 Å². The molecule has 0 spiro atoms. The number of thiocarbonyl (C=S) groups is 1. The Morgan fingerprint density at radius 2 is 1.82 bits per heavy atom. The van der Waals surface area contributed by atoms with Crippen molar-refractivity contribution in [2.24, 2.45) is 11.1 Å². The molecule has 0 aromatic heterocycles. The first-order valence-electron chi connectivity index (χ1n) is 8.03. The summed E-state index contributed by atoms with van der Waals surface area (Å²) in [7, 11) is 0. The first kappa shape index (κ1) is 17.0. The van der Waals surface area contributed by atoms with Gasteiger partial charge in [0, 0.05) is 32.3 Å². The zero-order valence-corrected chi connectivity index (χ0v) is 14.7. The maximum absolute atomic E-state index is 12.4. The fourth-order valence-electron chi connectivity index (χ4n) is 3.42. The molecular weight excluding hydrogens is 294 g/mol. The Labute approximate surface area is 139 Å². The van der Waals surface area contributed by atoms with Crippen molar-refractivity contribution in [2.45, 2.75) is 40.0 Å². The lowest BCUT2D eigenvalue weighted by Gasteiger charge is -2.35. The second-order valence-corrected chi connectivity index (χ2v) is 7.33. The summed E-state index contributed by atoms with van der Waals surface area (Å²) in [4.78, 5) is 16.2. The van der Waals surface area contributed by atoms with Crippen LogP contribution >= 0.6 is 12.2 Å².